The number of hydrogen-bond acceptors (Lipinski definition) is 1. The molecule has 1 aromatic heterocycles. The molecule has 2 aliphatic rings. The fourth-order valence-electron chi connectivity index (χ4n) is 9.83. The second-order valence-electron chi connectivity index (χ2n) is 16.0. The Balaban J connectivity index is 1.15. The first-order valence-electron chi connectivity index (χ1n) is 20.3. The van der Waals surface area contributed by atoms with Gasteiger partial charge in [0.15, 0.2) is 0 Å². The summed E-state index contributed by atoms with van der Waals surface area (Å²) in [5, 5.41) is 7.72. The normalized spacial score (nSPS) is 16.8. The number of para-hydroxylation sites is 3. The van der Waals surface area contributed by atoms with Crippen LogP contribution in [0.3, 0.4) is 0 Å². The van der Waals surface area contributed by atoms with Gasteiger partial charge in [-0.3, -0.25) is 4.57 Å². The highest BCUT2D eigenvalue weighted by atomic mass is 15.1. The van der Waals surface area contributed by atoms with Gasteiger partial charge in [0, 0.05) is 5.69 Å². The monoisotopic (exact) mass is 730 g/mol. The van der Waals surface area contributed by atoms with Gasteiger partial charge in [-0.05, 0) is 137 Å². The lowest BCUT2D eigenvalue weighted by atomic mass is 9.77. The lowest BCUT2D eigenvalue weighted by molar-refractivity contribution is 0.714. The summed E-state index contributed by atoms with van der Waals surface area (Å²) in [6, 6.07) is 60.2. The Bertz CT molecular complexity index is 3150. The van der Waals surface area contributed by atoms with Gasteiger partial charge in [0.05, 0.1) is 11.0 Å². The molecule has 0 spiro atoms. The maximum absolute atomic E-state index is 5.22. The summed E-state index contributed by atoms with van der Waals surface area (Å²) >= 11 is 0. The van der Waals surface area contributed by atoms with Crippen molar-refractivity contribution in [1.82, 2.24) is 9.55 Å². The third kappa shape index (κ3) is 5.51. The van der Waals surface area contributed by atoms with Gasteiger partial charge in [-0.15, -0.1) is 0 Å². The van der Waals surface area contributed by atoms with Crippen molar-refractivity contribution >= 4 is 60.1 Å². The zero-order valence-electron chi connectivity index (χ0n) is 32.3. The lowest BCUT2D eigenvalue weighted by Crippen LogP contribution is -2.09. The molecule has 0 fully saturated rings. The highest BCUT2D eigenvalue weighted by Crippen LogP contribution is 2.48. The number of fused-ring (bicyclic) bond motifs is 5. The van der Waals surface area contributed by atoms with E-state index in [1.807, 2.05) is 0 Å². The van der Waals surface area contributed by atoms with Crippen molar-refractivity contribution < 1.29 is 0 Å². The Kier molecular flexibility index (Phi) is 7.93. The molecule has 2 unspecified atom stereocenters. The van der Waals surface area contributed by atoms with E-state index < -0.39 is 0 Å². The topological polar surface area (TPSA) is 17.8 Å². The molecular formula is C55H42N2. The second kappa shape index (κ2) is 13.5. The first kappa shape index (κ1) is 33.6. The Hall–Kier alpha value is -6.77. The quantitative estimate of drug-likeness (QED) is 0.161. The van der Waals surface area contributed by atoms with E-state index in [2.05, 4.69) is 200 Å². The maximum Gasteiger partial charge on any atom is 0.141 e. The minimum Gasteiger partial charge on any atom is -0.293 e. The van der Waals surface area contributed by atoms with Crippen LogP contribution in [0.15, 0.2) is 182 Å². The van der Waals surface area contributed by atoms with Crippen LogP contribution in [0.25, 0.3) is 76.9 Å². The fraction of sp³-hybridized carbons (Fsp3) is 0.109. The van der Waals surface area contributed by atoms with Gasteiger partial charge in [-0.2, -0.15) is 0 Å². The molecular weight excluding hydrogens is 689 g/mol. The van der Waals surface area contributed by atoms with Crippen LogP contribution in [-0.2, 0) is 6.42 Å². The molecule has 2 heteroatoms. The molecule has 0 N–H and O–H groups in total. The zero-order valence-corrected chi connectivity index (χ0v) is 32.3. The van der Waals surface area contributed by atoms with Crippen LogP contribution in [0, 0.1) is 11.8 Å². The van der Waals surface area contributed by atoms with Crippen molar-refractivity contribution in [2.24, 2.45) is 11.8 Å². The van der Waals surface area contributed by atoms with Gasteiger partial charge in [0.2, 0.25) is 0 Å². The number of allylic oxidation sites excluding steroid dienone is 5. The minimum atomic E-state index is 0.294. The summed E-state index contributed by atoms with van der Waals surface area (Å²) in [7, 11) is 0. The van der Waals surface area contributed by atoms with Gasteiger partial charge in [-0.25, -0.2) is 4.98 Å². The summed E-state index contributed by atoms with van der Waals surface area (Å²) < 4.78 is 2.33. The maximum atomic E-state index is 5.22. The minimum absolute atomic E-state index is 0.294. The third-order valence-corrected chi connectivity index (χ3v) is 12.4. The summed E-state index contributed by atoms with van der Waals surface area (Å²) in [4.78, 5) is 5.22. The predicted molar refractivity (Wildman–Crippen MR) is 242 cm³/mol. The highest BCUT2D eigenvalue weighted by Gasteiger charge is 2.27. The number of rotatable bonds is 5. The van der Waals surface area contributed by atoms with Crippen LogP contribution >= 0.6 is 0 Å². The molecule has 0 radical (unpaired) electrons. The first-order chi connectivity index (χ1) is 28.1. The number of hydrogen-bond donors (Lipinski definition) is 0. The van der Waals surface area contributed by atoms with E-state index in [4.69, 9.17) is 4.98 Å². The number of imidazole rings is 1. The van der Waals surface area contributed by atoms with Crippen molar-refractivity contribution in [3.05, 3.63) is 210 Å². The van der Waals surface area contributed by atoms with Crippen LogP contribution in [0.1, 0.15) is 48.3 Å². The molecule has 0 aliphatic heterocycles. The Labute approximate surface area is 333 Å². The van der Waals surface area contributed by atoms with E-state index in [9.17, 15) is 0 Å². The smallest absolute Gasteiger partial charge is 0.141 e. The summed E-state index contributed by atoms with van der Waals surface area (Å²) in [5.74, 6) is 1.76. The zero-order chi connectivity index (χ0) is 38.0. The fourth-order valence-corrected chi connectivity index (χ4v) is 9.83. The third-order valence-electron chi connectivity index (χ3n) is 12.4. The molecule has 11 rings (SSSR count). The van der Waals surface area contributed by atoms with Crippen LogP contribution in [0.4, 0.5) is 0 Å². The average molecular weight is 731 g/mol. The average Bonchev–Trinajstić information content (AvgIpc) is 3.65. The SMILES string of the molecule is CC1C=C(c2c3ccccc3c(-c3cccc4ccccc34)c3ccc(C4=CC=C(c5nc6ccccc6n5-c5ccccc5)CC4C)cc23)c2ccccc2C1. The molecule has 2 aliphatic carbocycles. The van der Waals surface area contributed by atoms with E-state index in [1.165, 1.54) is 82.4 Å². The second-order valence-corrected chi connectivity index (χ2v) is 16.0. The van der Waals surface area contributed by atoms with Crippen LogP contribution < -0.4 is 0 Å². The molecule has 2 nitrogen and oxygen atoms in total. The summed E-state index contributed by atoms with van der Waals surface area (Å²) in [5.41, 5.74) is 15.2. The molecule has 0 saturated heterocycles. The van der Waals surface area contributed by atoms with Gasteiger partial charge < -0.3 is 0 Å². The highest BCUT2D eigenvalue weighted by molar-refractivity contribution is 6.22. The first-order valence-corrected chi connectivity index (χ1v) is 20.3. The Morgan fingerprint density at radius 2 is 1.23 bits per heavy atom. The van der Waals surface area contributed by atoms with Crippen molar-refractivity contribution in [3.63, 3.8) is 0 Å². The van der Waals surface area contributed by atoms with Crippen LogP contribution in [0.5, 0.6) is 0 Å². The molecule has 8 aromatic carbocycles. The van der Waals surface area contributed by atoms with E-state index in [-0.39, 0.29) is 0 Å². The lowest BCUT2D eigenvalue weighted by Gasteiger charge is -2.27. The molecule has 0 bridgehead atoms. The van der Waals surface area contributed by atoms with E-state index >= 15 is 0 Å². The number of aromatic nitrogens is 2. The number of nitrogens with zero attached hydrogens (tertiary/aromatic N) is 2. The molecule has 0 amide bonds. The van der Waals surface area contributed by atoms with Gasteiger partial charge in [-0.1, -0.05) is 166 Å². The van der Waals surface area contributed by atoms with Crippen molar-refractivity contribution in [1.29, 1.82) is 0 Å². The molecule has 0 saturated carbocycles. The standard InChI is InChI=1S/C55H42N2/c1-35-31-38-16-7-9-21-44(38)49(32-35)54-47-23-11-10-22-46(47)53(45-24-14-17-37-15-6-8-20-43(37)45)48-30-27-39(34-50(48)54)42-29-28-40(33-36(42)2)55-56-51-25-12-13-26-52(51)57(55)41-18-4-3-5-19-41/h3-30,32,34-36H,31,33H2,1-2H3. The van der Waals surface area contributed by atoms with Gasteiger partial charge >= 0.3 is 0 Å². The van der Waals surface area contributed by atoms with E-state index in [0.29, 0.717) is 11.8 Å². The molecule has 9 aromatic rings. The molecule has 2 atom stereocenters. The van der Waals surface area contributed by atoms with Crippen molar-refractivity contribution in [3.8, 4) is 16.8 Å². The summed E-state index contributed by atoms with van der Waals surface area (Å²) in [6.07, 6.45) is 9.19. The van der Waals surface area contributed by atoms with Crippen LogP contribution in [0.2, 0.25) is 0 Å². The summed E-state index contributed by atoms with van der Waals surface area (Å²) in [6.45, 7) is 4.74. The largest absolute Gasteiger partial charge is 0.293 e. The Morgan fingerprint density at radius 1 is 0.544 bits per heavy atom. The predicted octanol–water partition coefficient (Wildman–Crippen LogP) is 14.3. The molecule has 57 heavy (non-hydrogen) atoms. The number of benzene rings is 8. The Morgan fingerprint density at radius 3 is 2.09 bits per heavy atom. The van der Waals surface area contributed by atoms with Gasteiger partial charge in [0.25, 0.3) is 0 Å². The van der Waals surface area contributed by atoms with Crippen molar-refractivity contribution in [2.45, 2.75) is 26.7 Å². The van der Waals surface area contributed by atoms with E-state index in [1.54, 1.807) is 0 Å². The van der Waals surface area contributed by atoms with Gasteiger partial charge in [0.1, 0.15) is 5.82 Å². The van der Waals surface area contributed by atoms with Crippen LogP contribution in [-0.4, -0.2) is 9.55 Å². The molecule has 272 valence electrons. The van der Waals surface area contributed by atoms with E-state index in [0.717, 1.165) is 35.4 Å². The van der Waals surface area contributed by atoms with Crippen molar-refractivity contribution in [2.75, 3.05) is 0 Å². The molecule has 1 heterocycles.